The van der Waals surface area contributed by atoms with Crippen LogP contribution >= 0.6 is 0 Å². The van der Waals surface area contributed by atoms with Gasteiger partial charge in [0.2, 0.25) is 11.9 Å². The van der Waals surface area contributed by atoms with E-state index in [0.717, 1.165) is 32.3 Å². The number of hydrogen-bond donors (Lipinski definition) is 3. The second-order valence-corrected chi connectivity index (χ2v) is 7.85. The number of halogens is 1. The van der Waals surface area contributed by atoms with Crippen molar-refractivity contribution >= 4 is 17.7 Å². The molecule has 2 heterocycles. The van der Waals surface area contributed by atoms with E-state index in [0.29, 0.717) is 5.95 Å². The van der Waals surface area contributed by atoms with Crippen LogP contribution < -0.4 is 16.5 Å². The molecule has 0 spiro atoms. The summed E-state index contributed by atoms with van der Waals surface area (Å²) in [6, 6.07) is 0.0427. The number of nitrogens with two attached hydrogens (primary N) is 1. The summed E-state index contributed by atoms with van der Waals surface area (Å²) in [6.45, 7) is 4.80. The largest absolute Gasteiger partial charge is 0.369 e. The van der Waals surface area contributed by atoms with Gasteiger partial charge in [-0.05, 0) is 32.2 Å². The maximum Gasteiger partial charge on any atom is 0.239 e. The number of aromatic nitrogens is 2. The summed E-state index contributed by atoms with van der Waals surface area (Å²) in [5, 5.41) is 5.18. The van der Waals surface area contributed by atoms with Crippen molar-refractivity contribution < 1.29 is 9.18 Å². The van der Waals surface area contributed by atoms with E-state index in [1.54, 1.807) is 0 Å². The fourth-order valence-corrected chi connectivity index (χ4v) is 4.52. The molecule has 3 aliphatic rings. The molecule has 0 radical (unpaired) electrons. The average molecular weight is 375 g/mol. The highest BCUT2D eigenvalue weighted by atomic mass is 19.1. The van der Waals surface area contributed by atoms with Gasteiger partial charge in [0, 0.05) is 31.7 Å². The predicted molar refractivity (Wildman–Crippen MR) is 100 cm³/mol. The molecule has 8 nitrogen and oxygen atoms in total. The number of rotatable bonds is 5. The van der Waals surface area contributed by atoms with E-state index < -0.39 is 5.82 Å². The fraction of sp³-hybridized carbons (Fsp3) is 0.611. The molecule has 5 atom stereocenters. The third kappa shape index (κ3) is 3.49. The molecule has 2 fully saturated rings. The number of hydrogen-bond acceptors (Lipinski definition) is 7. The van der Waals surface area contributed by atoms with Crippen molar-refractivity contribution in [2.45, 2.75) is 25.4 Å². The number of carbonyl (C=O) groups excluding carboxylic acids is 1. The van der Waals surface area contributed by atoms with Crippen LogP contribution in [0.25, 0.3) is 0 Å². The predicted octanol–water partition coefficient (Wildman–Crippen LogP) is 0.666. The van der Waals surface area contributed by atoms with Gasteiger partial charge in [-0.2, -0.15) is 4.98 Å². The number of likely N-dealkylation sites (N-methyl/N-ethyl adjacent to an activating group) is 1. The molecular weight excluding hydrogens is 349 g/mol. The van der Waals surface area contributed by atoms with Crippen LogP contribution in [0.3, 0.4) is 0 Å². The van der Waals surface area contributed by atoms with Crippen molar-refractivity contribution in [1.82, 2.24) is 19.9 Å². The minimum Gasteiger partial charge on any atom is -0.369 e. The number of nitrogens with one attached hydrogen (secondary N) is 2. The first-order chi connectivity index (χ1) is 12.9. The van der Waals surface area contributed by atoms with Gasteiger partial charge < -0.3 is 16.0 Å². The van der Waals surface area contributed by atoms with Gasteiger partial charge in [-0.1, -0.05) is 12.2 Å². The molecule has 2 aliphatic carbocycles. The van der Waals surface area contributed by atoms with Crippen molar-refractivity contribution in [2.75, 3.05) is 37.4 Å². The molecule has 1 aromatic rings. The third-order valence-corrected chi connectivity index (χ3v) is 5.91. The van der Waals surface area contributed by atoms with Gasteiger partial charge in [0.25, 0.3) is 0 Å². The van der Waals surface area contributed by atoms with E-state index in [1.165, 1.54) is 0 Å². The van der Waals surface area contributed by atoms with Gasteiger partial charge in [0.05, 0.1) is 12.1 Å². The molecule has 1 aromatic heterocycles. The molecule has 5 unspecified atom stereocenters. The second-order valence-electron chi connectivity index (χ2n) is 7.85. The summed E-state index contributed by atoms with van der Waals surface area (Å²) in [7, 11) is 2.09. The molecule has 1 saturated heterocycles. The topological polar surface area (TPSA) is 99.4 Å². The number of anilines is 2. The Morgan fingerprint density at radius 3 is 2.85 bits per heavy atom. The van der Waals surface area contributed by atoms with Crippen LogP contribution in [0.4, 0.5) is 16.2 Å². The summed E-state index contributed by atoms with van der Waals surface area (Å²) >= 11 is 0. The Morgan fingerprint density at radius 1 is 1.33 bits per heavy atom. The number of fused-ring (bicyclic) bond motifs is 2. The molecule has 0 aromatic carbocycles. The van der Waals surface area contributed by atoms with E-state index >= 15 is 0 Å². The van der Waals surface area contributed by atoms with Crippen LogP contribution in [-0.2, 0) is 4.79 Å². The summed E-state index contributed by atoms with van der Waals surface area (Å²) in [5.74, 6) is -0.514. The fourth-order valence-electron chi connectivity index (χ4n) is 4.52. The van der Waals surface area contributed by atoms with Crippen LogP contribution in [0.1, 0.15) is 13.3 Å². The first-order valence-corrected chi connectivity index (χ1v) is 9.41. The minimum absolute atomic E-state index is 0.103. The summed E-state index contributed by atoms with van der Waals surface area (Å²) in [5.41, 5.74) is 8.77. The van der Waals surface area contributed by atoms with E-state index in [1.807, 2.05) is 6.08 Å². The van der Waals surface area contributed by atoms with Gasteiger partial charge in [0.1, 0.15) is 0 Å². The smallest absolute Gasteiger partial charge is 0.239 e. The van der Waals surface area contributed by atoms with Crippen LogP contribution in [0.2, 0.25) is 0 Å². The van der Waals surface area contributed by atoms with Crippen molar-refractivity contribution in [1.29, 1.82) is 0 Å². The molecule has 146 valence electrons. The molecule has 27 heavy (non-hydrogen) atoms. The van der Waals surface area contributed by atoms with Crippen LogP contribution in [0.5, 0.6) is 0 Å². The normalized spacial score (nSPS) is 33.4. The van der Waals surface area contributed by atoms with E-state index in [9.17, 15) is 9.18 Å². The molecule has 4 N–H and O–H groups in total. The Balaban J connectivity index is 1.50. The molecule has 4 rings (SSSR count). The highest BCUT2D eigenvalue weighted by Crippen LogP contribution is 2.44. The average Bonchev–Trinajstić information content (AvgIpc) is 3.21. The number of nitrogens with zero attached hydrogens (tertiary/aromatic N) is 4. The van der Waals surface area contributed by atoms with Gasteiger partial charge in [-0.25, -0.2) is 14.4 Å². The lowest BCUT2D eigenvalue weighted by molar-refractivity contribution is -0.122. The number of allylic oxidation sites excluding steroid dienone is 1. The van der Waals surface area contributed by atoms with Gasteiger partial charge in [0.15, 0.2) is 11.6 Å². The lowest BCUT2D eigenvalue weighted by Gasteiger charge is -2.38. The van der Waals surface area contributed by atoms with Crippen LogP contribution in [-0.4, -0.2) is 64.5 Å². The van der Waals surface area contributed by atoms with Crippen LogP contribution in [0, 0.1) is 23.6 Å². The summed E-state index contributed by atoms with van der Waals surface area (Å²) < 4.78 is 14.3. The highest BCUT2D eigenvalue weighted by Gasteiger charge is 2.47. The Morgan fingerprint density at radius 2 is 2.11 bits per heavy atom. The highest BCUT2D eigenvalue weighted by molar-refractivity contribution is 5.79. The summed E-state index contributed by atoms with van der Waals surface area (Å²) in [6.07, 6.45) is 6.13. The lowest BCUT2D eigenvalue weighted by Crippen LogP contribution is -2.52. The third-order valence-electron chi connectivity index (χ3n) is 5.91. The zero-order valence-corrected chi connectivity index (χ0v) is 15.6. The van der Waals surface area contributed by atoms with Crippen molar-refractivity contribution in [3.8, 4) is 0 Å². The standard InChI is InChI=1S/C18H26FN7O/c1-10-9-25(2)5-6-26(10)24-18-21-8-13(19)17(23-18)22-15-12-4-3-11(7-12)14(15)16(20)27/h3-4,8,10-12,14-15H,5-7,9H2,1-2H3,(H2,20,27)(H2,21,22,23,24). The number of carbonyl (C=O) groups is 1. The number of amides is 1. The molecule has 1 aliphatic heterocycles. The Labute approximate surface area is 158 Å². The number of primary amides is 1. The van der Waals surface area contributed by atoms with E-state index in [2.05, 4.69) is 50.7 Å². The second kappa shape index (κ2) is 7.05. The Hall–Kier alpha value is -2.26. The van der Waals surface area contributed by atoms with E-state index in [-0.39, 0.29) is 41.6 Å². The van der Waals surface area contributed by atoms with Crippen molar-refractivity contribution in [3.05, 3.63) is 24.2 Å². The zero-order valence-electron chi connectivity index (χ0n) is 15.6. The quantitative estimate of drug-likeness (QED) is 0.651. The monoisotopic (exact) mass is 375 g/mol. The molecule has 1 amide bonds. The van der Waals surface area contributed by atoms with Crippen molar-refractivity contribution in [3.63, 3.8) is 0 Å². The maximum absolute atomic E-state index is 14.3. The number of piperazine rings is 1. The van der Waals surface area contributed by atoms with Gasteiger partial charge >= 0.3 is 0 Å². The first-order valence-electron chi connectivity index (χ1n) is 9.41. The summed E-state index contributed by atoms with van der Waals surface area (Å²) in [4.78, 5) is 22.5. The first kappa shape index (κ1) is 18.1. The van der Waals surface area contributed by atoms with Crippen LogP contribution in [0.15, 0.2) is 18.3 Å². The molecule has 1 saturated carbocycles. The molecular formula is C18H26FN7O. The molecule has 9 heteroatoms. The minimum atomic E-state index is -0.540. The van der Waals surface area contributed by atoms with Gasteiger partial charge in [-0.3, -0.25) is 10.2 Å². The molecule has 2 bridgehead atoms. The van der Waals surface area contributed by atoms with Gasteiger partial charge in [-0.15, -0.1) is 0 Å². The zero-order chi connectivity index (χ0) is 19.1. The Kier molecular flexibility index (Phi) is 4.73. The SMILES string of the molecule is CC1CN(C)CCN1Nc1ncc(F)c(NC2C3C=CC(C3)C2C(N)=O)n1. The van der Waals surface area contributed by atoms with E-state index in [4.69, 9.17) is 5.73 Å². The Bertz CT molecular complexity index is 757. The maximum atomic E-state index is 14.3. The number of hydrazine groups is 1. The van der Waals surface area contributed by atoms with Crippen molar-refractivity contribution in [2.24, 2.45) is 23.5 Å². The lowest BCUT2D eigenvalue weighted by atomic mass is 9.88.